The van der Waals surface area contributed by atoms with E-state index in [1.807, 2.05) is 18.2 Å². The zero-order valence-corrected chi connectivity index (χ0v) is 12.9. The number of carbonyl (C=O) groups is 1. The predicted octanol–water partition coefficient (Wildman–Crippen LogP) is 2.82. The fourth-order valence-corrected chi connectivity index (χ4v) is 3.17. The lowest BCUT2D eigenvalue weighted by atomic mass is 9.95. The Bertz CT molecular complexity index is 616. The molecule has 2 aliphatic rings. The van der Waals surface area contributed by atoms with E-state index < -0.39 is 0 Å². The fourth-order valence-electron chi connectivity index (χ4n) is 3.17. The highest BCUT2D eigenvalue weighted by molar-refractivity contribution is 5.79. The Balaban J connectivity index is 1.85. The zero-order chi connectivity index (χ0) is 15.4. The number of nitrogens with one attached hydrogen (secondary N) is 1. The Labute approximate surface area is 132 Å². The van der Waals surface area contributed by atoms with Crippen LogP contribution in [0.15, 0.2) is 66.3 Å². The largest absolute Gasteiger partial charge is 0.350 e. The number of hydrogen-bond acceptors (Lipinski definition) is 2. The van der Waals surface area contributed by atoms with Gasteiger partial charge in [0, 0.05) is 12.6 Å². The summed E-state index contributed by atoms with van der Waals surface area (Å²) in [6.07, 6.45) is 11.4. The summed E-state index contributed by atoms with van der Waals surface area (Å²) in [5, 5.41) is 3.16. The van der Waals surface area contributed by atoms with E-state index in [1.165, 1.54) is 11.1 Å². The van der Waals surface area contributed by atoms with Crippen LogP contribution in [0.5, 0.6) is 0 Å². The molecule has 1 aromatic carbocycles. The Kier molecular flexibility index (Phi) is 4.54. The highest BCUT2D eigenvalue weighted by Crippen LogP contribution is 2.21. The average molecular weight is 294 g/mol. The lowest BCUT2D eigenvalue weighted by Gasteiger charge is -2.40. The second-order valence-electron chi connectivity index (χ2n) is 6.04. The molecule has 1 N–H and O–H groups in total. The smallest absolute Gasteiger partial charge is 0.234 e. The first-order valence-corrected chi connectivity index (χ1v) is 7.80. The molecule has 3 heteroatoms. The lowest BCUT2D eigenvalue weighted by molar-refractivity contribution is -0.127. The van der Waals surface area contributed by atoms with Gasteiger partial charge < -0.3 is 5.32 Å². The topological polar surface area (TPSA) is 32.3 Å². The number of amides is 1. The second kappa shape index (κ2) is 6.75. The Morgan fingerprint density at radius 3 is 2.82 bits per heavy atom. The van der Waals surface area contributed by atoms with Crippen molar-refractivity contribution in [3.63, 3.8) is 0 Å². The standard InChI is InChI=1S/C19H22N2O/c1-15-8-4-2-7-11-18-17(12-15)20-19(22)14-21(18)13-16-9-5-3-6-10-16/h2-11,17-18H,12-14H2,1H3,(H,20,22)/b4-2-,11-7-,15-8+/t17-,18?/m1/s1. The molecule has 0 saturated carbocycles. The molecule has 1 aromatic rings. The molecular weight excluding hydrogens is 272 g/mol. The summed E-state index contributed by atoms with van der Waals surface area (Å²) in [6, 6.07) is 10.7. The minimum Gasteiger partial charge on any atom is -0.350 e. The number of rotatable bonds is 2. The molecule has 0 spiro atoms. The molecule has 1 fully saturated rings. The molecule has 1 saturated heterocycles. The van der Waals surface area contributed by atoms with Crippen LogP contribution in [0.3, 0.4) is 0 Å². The van der Waals surface area contributed by atoms with E-state index >= 15 is 0 Å². The number of benzene rings is 1. The summed E-state index contributed by atoms with van der Waals surface area (Å²) in [5.41, 5.74) is 2.53. The van der Waals surface area contributed by atoms with Crippen LogP contribution in [0.25, 0.3) is 0 Å². The van der Waals surface area contributed by atoms with Crippen molar-refractivity contribution in [1.29, 1.82) is 0 Å². The number of hydrogen-bond donors (Lipinski definition) is 1. The first-order chi connectivity index (χ1) is 10.7. The number of fused-ring (bicyclic) bond motifs is 1. The molecular formula is C19H22N2O. The quantitative estimate of drug-likeness (QED) is 0.909. The van der Waals surface area contributed by atoms with E-state index in [0.717, 1.165) is 13.0 Å². The Morgan fingerprint density at radius 1 is 1.18 bits per heavy atom. The Morgan fingerprint density at radius 2 is 2.00 bits per heavy atom. The van der Waals surface area contributed by atoms with Crippen LogP contribution >= 0.6 is 0 Å². The van der Waals surface area contributed by atoms with Crippen molar-refractivity contribution in [3.05, 3.63) is 71.8 Å². The summed E-state index contributed by atoms with van der Waals surface area (Å²) in [5.74, 6) is 0.116. The van der Waals surface area contributed by atoms with Gasteiger partial charge in [-0.15, -0.1) is 0 Å². The molecule has 2 atom stereocenters. The zero-order valence-electron chi connectivity index (χ0n) is 12.9. The van der Waals surface area contributed by atoms with Gasteiger partial charge in [0.05, 0.1) is 12.6 Å². The monoisotopic (exact) mass is 294 g/mol. The summed E-state index contributed by atoms with van der Waals surface area (Å²) in [6.45, 7) is 3.37. The van der Waals surface area contributed by atoms with E-state index in [4.69, 9.17) is 0 Å². The normalized spacial score (nSPS) is 30.8. The van der Waals surface area contributed by atoms with Gasteiger partial charge in [-0.05, 0) is 18.9 Å². The molecule has 1 unspecified atom stereocenters. The first-order valence-electron chi connectivity index (χ1n) is 7.80. The van der Waals surface area contributed by atoms with Crippen LogP contribution in [-0.4, -0.2) is 29.4 Å². The molecule has 0 aromatic heterocycles. The molecule has 1 aliphatic heterocycles. The van der Waals surface area contributed by atoms with Gasteiger partial charge in [-0.3, -0.25) is 9.69 Å². The van der Waals surface area contributed by atoms with Crippen molar-refractivity contribution < 1.29 is 4.79 Å². The van der Waals surface area contributed by atoms with Gasteiger partial charge in [-0.1, -0.05) is 66.3 Å². The molecule has 1 aliphatic carbocycles. The van der Waals surface area contributed by atoms with Gasteiger partial charge in [-0.25, -0.2) is 0 Å². The molecule has 3 rings (SSSR count). The third-order valence-electron chi connectivity index (χ3n) is 4.21. The number of carbonyl (C=O) groups excluding carboxylic acids is 1. The number of nitrogens with zero attached hydrogens (tertiary/aromatic N) is 1. The molecule has 1 amide bonds. The van der Waals surface area contributed by atoms with Crippen LogP contribution in [0, 0.1) is 0 Å². The van der Waals surface area contributed by atoms with Crippen molar-refractivity contribution in [3.8, 4) is 0 Å². The van der Waals surface area contributed by atoms with E-state index in [-0.39, 0.29) is 18.0 Å². The fraction of sp³-hybridized carbons (Fsp3) is 0.316. The van der Waals surface area contributed by atoms with Crippen molar-refractivity contribution in [2.24, 2.45) is 0 Å². The first kappa shape index (κ1) is 14.8. The SMILES string of the molecule is C\C1=C/C=C\C=C/C2[C@@H](C1)NC(=O)CN2Cc1ccccc1. The Hall–Kier alpha value is -2.13. The average Bonchev–Trinajstić information content (AvgIpc) is 2.58. The summed E-state index contributed by atoms with van der Waals surface area (Å²) < 4.78 is 0. The maximum Gasteiger partial charge on any atom is 0.234 e. The summed E-state index contributed by atoms with van der Waals surface area (Å²) >= 11 is 0. The van der Waals surface area contributed by atoms with Crippen LogP contribution in [-0.2, 0) is 11.3 Å². The number of allylic oxidation sites excluding steroid dienone is 4. The van der Waals surface area contributed by atoms with Crippen molar-refractivity contribution in [1.82, 2.24) is 10.2 Å². The van der Waals surface area contributed by atoms with Crippen LogP contribution in [0.1, 0.15) is 18.9 Å². The van der Waals surface area contributed by atoms with Gasteiger partial charge in [-0.2, -0.15) is 0 Å². The summed E-state index contributed by atoms with van der Waals surface area (Å²) in [4.78, 5) is 14.4. The third-order valence-corrected chi connectivity index (χ3v) is 4.21. The van der Waals surface area contributed by atoms with Gasteiger partial charge in [0.1, 0.15) is 0 Å². The van der Waals surface area contributed by atoms with E-state index in [0.29, 0.717) is 6.54 Å². The minimum absolute atomic E-state index is 0.116. The number of piperazine rings is 1. The molecule has 114 valence electrons. The van der Waals surface area contributed by atoms with Crippen molar-refractivity contribution in [2.45, 2.75) is 32.0 Å². The molecule has 1 heterocycles. The van der Waals surface area contributed by atoms with Crippen molar-refractivity contribution >= 4 is 5.91 Å². The minimum atomic E-state index is 0.116. The highest BCUT2D eigenvalue weighted by atomic mass is 16.2. The molecule has 3 nitrogen and oxygen atoms in total. The predicted molar refractivity (Wildman–Crippen MR) is 89.2 cm³/mol. The van der Waals surface area contributed by atoms with Gasteiger partial charge in [0.15, 0.2) is 0 Å². The van der Waals surface area contributed by atoms with Crippen LogP contribution < -0.4 is 5.32 Å². The molecule has 22 heavy (non-hydrogen) atoms. The van der Waals surface area contributed by atoms with E-state index in [9.17, 15) is 4.79 Å². The highest BCUT2D eigenvalue weighted by Gasteiger charge is 2.33. The van der Waals surface area contributed by atoms with Gasteiger partial charge in [0.2, 0.25) is 5.91 Å². The van der Waals surface area contributed by atoms with E-state index in [1.54, 1.807) is 0 Å². The molecule has 0 radical (unpaired) electrons. The van der Waals surface area contributed by atoms with Crippen LogP contribution in [0.2, 0.25) is 0 Å². The van der Waals surface area contributed by atoms with E-state index in [2.05, 4.69) is 59.7 Å². The van der Waals surface area contributed by atoms with Crippen LogP contribution in [0.4, 0.5) is 0 Å². The maximum absolute atomic E-state index is 12.1. The third kappa shape index (κ3) is 3.55. The lowest BCUT2D eigenvalue weighted by Crippen LogP contribution is -2.59. The second-order valence-corrected chi connectivity index (χ2v) is 6.04. The van der Waals surface area contributed by atoms with Crippen molar-refractivity contribution in [2.75, 3.05) is 6.54 Å². The maximum atomic E-state index is 12.1. The van der Waals surface area contributed by atoms with Gasteiger partial charge in [0.25, 0.3) is 0 Å². The molecule has 0 bridgehead atoms. The summed E-state index contributed by atoms with van der Waals surface area (Å²) in [7, 11) is 0. The van der Waals surface area contributed by atoms with Gasteiger partial charge >= 0.3 is 0 Å².